The highest BCUT2D eigenvalue weighted by Gasteiger charge is 2.45. The molecular formula is C24H27OP. The van der Waals surface area contributed by atoms with Crippen LogP contribution in [-0.4, -0.2) is 6.66 Å². The molecule has 0 spiro atoms. The number of rotatable bonds is 4. The van der Waals surface area contributed by atoms with Crippen LogP contribution in [0.15, 0.2) is 72.8 Å². The Morgan fingerprint density at radius 3 is 1.50 bits per heavy atom. The van der Waals surface area contributed by atoms with Crippen molar-refractivity contribution in [3.63, 3.8) is 0 Å². The van der Waals surface area contributed by atoms with E-state index in [1.54, 1.807) is 0 Å². The fraction of sp³-hybridized carbons (Fsp3) is 0.250. The molecule has 0 saturated heterocycles. The predicted molar refractivity (Wildman–Crippen MR) is 113 cm³/mol. The van der Waals surface area contributed by atoms with Crippen LogP contribution >= 0.6 is 7.14 Å². The van der Waals surface area contributed by atoms with Gasteiger partial charge in [-0.25, -0.2) is 0 Å². The van der Waals surface area contributed by atoms with Gasteiger partial charge in [0.05, 0.1) is 5.16 Å². The van der Waals surface area contributed by atoms with E-state index in [1.165, 1.54) is 5.56 Å². The first kappa shape index (κ1) is 18.7. The maximum absolute atomic E-state index is 14.6. The maximum atomic E-state index is 14.6. The van der Waals surface area contributed by atoms with Gasteiger partial charge in [0.15, 0.2) is 0 Å². The van der Waals surface area contributed by atoms with E-state index >= 15 is 0 Å². The van der Waals surface area contributed by atoms with Gasteiger partial charge >= 0.3 is 0 Å². The topological polar surface area (TPSA) is 17.1 Å². The van der Waals surface area contributed by atoms with Gasteiger partial charge in [-0.2, -0.15) is 0 Å². The average Bonchev–Trinajstić information content (AvgIpc) is 2.61. The van der Waals surface area contributed by atoms with E-state index in [2.05, 4.69) is 64.1 Å². The van der Waals surface area contributed by atoms with E-state index in [9.17, 15) is 4.57 Å². The summed E-state index contributed by atoms with van der Waals surface area (Å²) in [7, 11) is -2.81. The zero-order chi connectivity index (χ0) is 18.9. The zero-order valence-corrected chi connectivity index (χ0v) is 17.2. The van der Waals surface area contributed by atoms with Gasteiger partial charge in [-0.15, -0.1) is 0 Å². The molecule has 3 aromatic carbocycles. The molecule has 3 aromatic rings. The number of hydrogen-bond donors (Lipinski definition) is 0. The van der Waals surface area contributed by atoms with Crippen molar-refractivity contribution in [2.24, 2.45) is 0 Å². The zero-order valence-electron chi connectivity index (χ0n) is 16.3. The smallest absolute Gasteiger partial charge is 0.127 e. The average molecular weight is 362 g/mol. The lowest BCUT2D eigenvalue weighted by molar-refractivity contribution is 0.564. The molecule has 1 nitrogen and oxygen atoms in total. The fourth-order valence-electron chi connectivity index (χ4n) is 4.25. The highest BCUT2D eigenvalue weighted by molar-refractivity contribution is 7.72. The predicted octanol–water partition coefficient (Wildman–Crippen LogP) is 6.19. The Bertz CT molecular complexity index is 896. The van der Waals surface area contributed by atoms with Crippen LogP contribution in [0.4, 0.5) is 0 Å². The first-order valence-corrected chi connectivity index (χ1v) is 11.2. The molecule has 0 amide bonds. The number of benzene rings is 3. The molecule has 1 unspecified atom stereocenters. The molecule has 2 heteroatoms. The van der Waals surface area contributed by atoms with Gasteiger partial charge in [-0.1, -0.05) is 78.4 Å². The third-order valence-corrected chi connectivity index (χ3v) is 9.37. The maximum Gasteiger partial charge on any atom is 0.127 e. The van der Waals surface area contributed by atoms with Crippen molar-refractivity contribution < 1.29 is 4.57 Å². The van der Waals surface area contributed by atoms with E-state index in [0.717, 1.165) is 27.6 Å². The number of aryl methyl sites for hydroxylation is 3. The fourth-order valence-corrected chi connectivity index (χ4v) is 7.46. The van der Waals surface area contributed by atoms with Crippen molar-refractivity contribution in [3.8, 4) is 0 Å². The summed E-state index contributed by atoms with van der Waals surface area (Å²) in [6, 6.07) is 24.8. The monoisotopic (exact) mass is 362 g/mol. The molecule has 0 bridgehead atoms. The Hall–Kier alpha value is -2.11. The molecule has 26 heavy (non-hydrogen) atoms. The van der Waals surface area contributed by atoms with Crippen LogP contribution in [0.5, 0.6) is 0 Å². The van der Waals surface area contributed by atoms with Crippen molar-refractivity contribution in [2.45, 2.75) is 32.9 Å². The van der Waals surface area contributed by atoms with Crippen LogP contribution in [-0.2, 0) is 9.72 Å². The normalized spacial score (nSPS) is 14.0. The largest absolute Gasteiger partial charge is 0.318 e. The summed E-state index contributed by atoms with van der Waals surface area (Å²) in [5.41, 5.74) is 5.63. The minimum Gasteiger partial charge on any atom is -0.318 e. The lowest BCUT2D eigenvalue weighted by Gasteiger charge is -2.38. The van der Waals surface area contributed by atoms with Crippen LogP contribution in [0.1, 0.15) is 34.7 Å². The van der Waals surface area contributed by atoms with Gasteiger partial charge < -0.3 is 4.57 Å². The van der Waals surface area contributed by atoms with Gasteiger partial charge in [-0.3, -0.25) is 0 Å². The number of hydrogen-bond acceptors (Lipinski definition) is 1. The van der Waals surface area contributed by atoms with Crippen LogP contribution in [0.25, 0.3) is 0 Å². The van der Waals surface area contributed by atoms with Crippen molar-refractivity contribution in [2.75, 3.05) is 6.66 Å². The summed E-state index contributed by atoms with van der Waals surface area (Å²) in [6.07, 6.45) is 0. The second-order valence-corrected chi connectivity index (χ2v) is 10.7. The highest BCUT2D eigenvalue weighted by Crippen LogP contribution is 2.63. The molecule has 3 rings (SSSR count). The molecule has 0 heterocycles. The van der Waals surface area contributed by atoms with Crippen molar-refractivity contribution in [1.82, 2.24) is 0 Å². The molecule has 0 aliphatic carbocycles. The molecule has 0 N–H and O–H groups in total. The van der Waals surface area contributed by atoms with Crippen molar-refractivity contribution in [1.29, 1.82) is 0 Å². The summed E-state index contributed by atoms with van der Waals surface area (Å²) < 4.78 is 14.6. The molecule has 0 aliphatic rings. The van der Waals surface area contributed by atoms with Crippen LogP contribution in [0.2, 0.25) is 0 Å². The van der Waals surface area contributed by atoms with Gasteiger partial charge in [-0.05, 0) is 56.6 Å². The quantitative estimate of drug-likeness (QED) is 0.506. The second kappa shape index (κ2) is 6.89. The van der Waals surface area contributed by atoms with Crippen molar-refractivity contribution in [3.05, 3.63) is 101 Å². The van der Waals surface area contributed by atoms with Gasteiger partial charge in [0.1, 0.15) is 7.14 Å². The molecule has 0 aliphatic heterocycles. The van der Waals surface area contributed by atoms with Gasteiger partial charge in [0.25, 0.3) is 0 Å². The Labute approximate surface area is 157 Å². The van der Waals surface area contributed by atoms with E-state index in [0.29, 0.717) is 0 Å². The van der Waals surface area contributed by atoms with Crippen molar-refractivity contribution >= 4 is 12.4 Å². The third-order valence-electron chi connectivity index (χ3n) is 5.59. The Balaban J connectivity index is 2.35. The molecule has 134 valence electrons. The summed E-state index contributed by atoms with van der Waals surface area (Å²) >= 11 is 0. The molecule has 0 fully saturated rings. The SMILES string of the molecule is Cc1cc(C)c(P(C)(=O)C(C)(c2ccccc2)c2ccccc2)c(C)c1. The molecule has 0 aromatic heterocycles. The summed E-state index contributed by atoms with van der Waals surface area (Å²) in [4.78, 5) is 0. The first-order chi connectivity index (χ1) is 12.3. The van der Waals surface area contributed by atoms with E-state index < -0.39 is 12.3 Å². The van der Waals surface area contributed by atoms with E-state index in [4.69, 9.17) is 0 Å². The standard InChI is InChI=1S/C24H27OP/c1-18-16-19(2)23(20(3)17-18)26(5,25)24(4,21-12-8-6-9-13-21)22-14-10-7-11-15-22/h6-17H,1-5H3. The van der Waals surface area contributed by atoms with Gasteiger partial charge in [0.2, 0.25) is 0 Å². The van der Waals surface area contributed by atoms with Crippen LogP contribution in [0, 0.1) is 20.8 Å². The van der Waals surface area contributed by atoms with E-state index in [1.807, 2.05) is 43.1 Å². The van der Waals surface area contributed by atoms with Crippen LogP contribution < -0.4 is 5.30 Å². The van der Waals surface area contributed by atoms with E-state index in [-0.39, 0.29) is 0 Å². The summed E-state index contributed by atoms with van der Waals surface area (Å²) in [6.45, 7) is 10.4. The Morgan fingerprint density at radius 1 is 0.731 bits per heavy atom. The van der Waals surface area contributed by atoms with Crippen LogP contribution in [0.3, 0.4) is 0 Å². The third kappa shape index (κ3) is 2.95. The second-order valence-electron chi connectivity index (χ2n) is 7.48. The molecule has 0 radical (unpaired) electrons. The molecule has 0 saturated carbocycles. The minimum absolute atomic E-state index is 0.583. The summed E-state index contributed by atoms with van der Waals surface area (Å²) in [5.74, 6) is 0. The lowest BCUT2D eigenvalue weighted by atomic mass is 9.92. The molecule has 1 atom stereocenters. The first-order valence-electron chi connectivity index (χ1n) is 9.05. The minimum atomic E-state index is -2.81. The highest BCUT2D eigenvalue weighted by atomic mass is 31.2. The van der Waals surface area contributed by atoms with Gasteiger partial charge in [0, 0.05) is 5.30 Å². The summed E-state index contributed by atoms with van der Waals surface area (Å²) in [5, 5.41) is 0.429. The Kier molecular flexibility index (Phi) is 4.95. The lowest BCUT2D eigenvalue weighted by Crippen LogP contribution is -2.31. The molecular weight excluding hydrogens is 335 g/mol. The Morgan fingerprint density at radius 2 is 1.12 bits per heavy atom.